The van der Waals surface area contributed by atoms with Gasteiger partial charge in [0.15, 0.2) is 23.4 Å². The minimum absolute atomic E-state index is 0.462. The number of phenols is 2. The number of carbonyl (C=O) groups is 1. The molecule has 0 aromatic heterocycles. The minimum Gasteiger partial charge on any atom is -0.504 e. The van der Waals surface area contributed by atoms with Crippen molar-refractivity contribution < 1.29 is 29.6 Å². The molecule has 0 bridgehead atoms. The van der Waals surface area contributed by atoms with E-state index >= 15 is 0 Å². The summed E-state index contributed by atoms with van der Waals surface area (Å²) in [7, 11) is 0. The SMILES string of the molecule is O=C(O)C(O)c1ccc(F)c(O)c1O. The van der Waals surface area contributed by atoms with E-state index < -0.39 is 35.0 Å². The molecule has 1 atom stereocenters. The predicted molar refractivity (Wildman–Crippen MR) is 42.3 cm³/mol. The molecule has 0 spiro atoms. The molecular weight excluding hydrogens is 195 g/mol. The van der Waals surface area contributed by atoms with Crippen molar-refractivity contribution in [2.24, 2.45) is 0 Å². The van der Waals surface area contributed by atoms with Crippen LogP contribution in [0.5, 0.6) is 11.5 Å². The number of carboxylic acids is 1. The molecule has 1 rings (SSSR count). The van der Waals surface area contributed by atoms with E-state index in [2.05, 4.69) is 0 Å². The number of halogens is 1. The third kappa shape index (κ3) is 1.60. The van der Waals surface area contributed by atoms with Gasteiger partial charge in [0.25, 0.3) is 0 Å². The zero-order chi connectivity index (χ0) is 10.9. The van der Waals surface area contributed by atoms with Crippen molar-refractivity contribution in [2.45, 2.75) is 6.10 Å². The monoisotopic (exact) mass is 202 g/mol. The van der Waals surface area contributed by atoms with Crippen LogP contribution in [0.1, 0.15) is 11.7 Å². The molecule has 1 aromatic carbocycles. The fourth-order valence-corrected chi connectivity index (χ4v) is 0.924. The summed E-state index contributed by atoms with van der Waals surface area (Å²) in [5.74, 6) is -4.75. The van der Waals surface area contributed by atoms with Crippen molar-refractivity contribution in [1.29, 1.82) is 0 Å². The minimum atomic E-state index is -2.00. The highest BCUT2D eigenvalue weighted by Gasteiger charge is 2.22. The average molecular weight is 202 g/mol. The second-order valence-electron chi connectivity index (χ2n) is 2.57. The van der Waals surface area contributed by atoms with Crippen molar-refractivity contribution in [3.63, 3.8) is 0 Å². The van der Waals surface area contributed by atoms with Crippen LogP contribution in [-0.2, 0) is 4.79 Å². The van der Waals surface area contributed by atoms with Gasteiger partial charge in [0, 0.05) is 5.56 Å². The quantitative estimate of drug-likeness (QED) is 0.519. The number of aliphatic hydroxyl groups excluding tert-OH is 1. The van der Waals surface area contributed by atoms with Gasteiger partial charge in [-0.1, -0.05) is 0 Å². The molecule has 0 radical (unpaired) electrons. The Balaban J connectivity index is 3.24. The molecule has 0 saturated heterocycles. The number of aliphatic hydroxyl groups is 1. The maximum Gasteiger partial charge on any atom is 0.337 e. The van der Waals surface area contributed by atoms with E-state index in [1.54, 1.807) is 0 Å². The summed E-state index contributed by atoms with van der Waals surface area (Å²) in [6, 6.07) is 1.62. The van der Waals surface area contributed by atoms with Gasteiger partial charge in [-0.3, -0.25) is 0 Å². The number of carboxylic acid groups (broad SMARTS) is 1. The maximum absolute atomic E-state index is 12.6. The highest BCUT2D eigenvalue weighted by atomic mass is 19.1. The zero-order valence-corrected chi connectivity index (χ0v) is 6.81. The highest BCUT2D eigenvalue weighted by molar-refractivity contribution is 5.75. The molecule has 0 aliphatic carbocycles. The molecule has 0 saturated carbocycles. The fourth-order valence-electron chi connectivity index (χ4n) is 0.924. The lowest BCUT2D eigenvalue weighted by Gasteiger charge is -2.09. The van der Waals surface area contributed by atoms with Crippen molar-refractivity contribution in [3.05, 3.63) is 23.5 Å². The molecule has 6 heteroatoms. The highest BCUT2D eigenvalue weighted by Crippen LogP contribution is 2.34. The number of aromatic hydroxyl groups is 2. The van der Waals surface area contributed by atoms with Crippen molar-refractivity contribution in [1.82, 2.24) is 0 Å². The Hall–Kier alpha value is -1.82. The number of hydrogen-bond acceptors (Lipinski definition) is 4. The Labute approximate surface area is 77.7 Å². The molecule has 1 aromatic rings. The third-order valence-electron chi connectivity index (χ3n) is 1.66. The Bertz CT molecular complexity index is 376. The summed E-state index contributed by atoms with van der Waals surface area (Å²) in [6.07, 6.45) is -2.00. The average Bonchev–Trinajstić information content (AvgIpc) is 2.13. The first-order valence-electron chi connectivity index (χ1n) is 3.56. The molecule has 1 unspecified atom stereocenters. The molecule has 0 fully saturated rings. The first-order chi connectivity index (χ1) is 6.45. The summed E-state index contributed by atoms with van der Waals surface area (Å²) in [5.41, 5.74) is -0.462. The lowest BCUT2D eigenvalue weighted by atomic mass is 10.1. The van der Waals surface area contributed by atoms with Crippen LogP contribution in [0.3, 0.4) is 0 Å². The van der Waals surface area contributed by atoms with Crippen LogP contribution in [0, 0.1) is 5.82 Å². The fraction of sp³-hybridized carbons (Fsp3) is 0.125. The summed E-state index contributed by atoms with van der Waals surface area (Å²) >= 11 is 0. The summed E-state index contributed by atoms with van der Waals surface area (Å²) < 4.78 is 12.6. The lowest BCUT2D eigenvalue weighted by Crippen LogP contribution is -2.10. The van der Waals surface area contributed by atoms with Crippen LogP contribution in [-0.4, -0.2) is 26.4 Å². The predicted octanol–water partition coefficient (Wildman–Crippen LogP) is 0.355. The number of phenolic OH excluding ortho intramolecular Hbond substituents is 2. The van der Waals surface area contributed by atoms with E-state index in [1.165, 1.54) is 0 Å². The van der Waals surface area contributed by atoms with Crippen LogP contribution in [0.25, 0.3) is 0 Å². The Morgan fingerprint density at radius 1 is 1.29 bits per heavy atom. The molecule has 0 heterocycles. The Morgan fingerprint density at radius 2 is 1.86 bits per heavy atom. The standard InChI is InChI=1S/C8H7FO5/c9-4-2-1-3(5(10)7(4)12)6(11)8(13)14/h1-2,6,10-12H,(H,13,14). The molecule has 0 aliphatic heterocycles. The van der Waals surface area contributed by atoms with Gasteiger partial charge in [0.05, 0.1) is 0 Å². The van der Waals surface area contributed by atoms with Gasteiger partial charge in [-0.05, 0) is 12.1 Å². The molecule has 14 heavy (non-hydrogen) atoms. The second-order valence-corrected chi connectivity index (χ2v) is 2.57. The molecule has 76 valence electrons. The van der Waals surface area contributed by atoms with Gasteiger partial charge in [-0.25, -0.2) is 9.18 Å². The Kier molecular flexibility index (Phi) is 2.57. The van der Waals surface area contributed by atoms with Crippen molar-refractivity contribution in [3.8, 4) is 11.5 Å². The normalized spacial score (nSPS) is 12.4. The van der Waals surface area contributed by atoms with E-state index in [0.29, 0.717) is 0 Å². The van der Waals surface area contributed by atoms with Gasteiger partial charge >= 0.3 is 5.97 Å². The van der Waals surface area contributed by atoms with Gasteiger partial charge in [0.1, 0.15) is 0 Å². The summed E-state index contributed by atoms with van der Waals surface area (Å²) in [5, 5.41) is 35.4. The molecule has 0 amide bonds. The maximum atomic E-state index is 12.6. The van der Waals surface area contributed by atoms with Crippen LogP contribution >= 0.6 is 0 Å². The second kappa shape index (κ2) is 3.51. The lowest BCUT2D eigenvalue weighted by molar-refractivity contribution is -0.147. The van der Waals surface area contributed by atoms with Crippen molar-refractivity contribution in [2.75, 3.05) is 0 Å². The van der Waals surface area contributed by atoms with Gasteiger partial charge < -0.3 is 20.4 Å². The van der Waals surface area contributed by atoms with E-state index in [-0.39, 0.29) is 0 Å². The van der Waals surface area contributed by atoms with E-state index in [0.717, 1.165) is 12.1 Å². The Morgan fingerprint density at radius 3 is 2.36 bits per heavy atom. The summed E-state index contributed by atoms with van der Waals surface area (Å²) in [6.45, 7) is 0. The van der Waals surface area contributed by atoms with Gasteiger partial charge in [-0.2, -0.15) is 0 Å². The molecule has 0 aliphatic rings. The smallest absolute Gasteiger partial charge is 0.337 e. The largest absolute Gasteiger partial charge is 0.504 e. The van der Waals surface area contributed by atoms with E-state index in [4.69, 9.17) is 20.4 Å². The van der Waals surface area contributed by atoms with Gasteiger partial charge in [0.2, 0.25) is 0 Å². The van der Waals surface area contributed by atoms with E-state index in [9.17, 15) is 9.18 Å². The number of aliphatic carboxylic acids is 1. The molecule has 4 N–H and O–H groups in total. The van der Waals surface area contributed by atoms with Crippen LogP contribution in [0.2, 0.25) is 0 Å². The van der Waals surface area contributed by atoms with E-state index in [1.807, 2.05) is 0 Å². The number of rotatable bonds is 2. The summed E-state index contributed by atoms with van der Waals surface area (Å²) in [4.78, 5) is 10.3. The zero-order valence-electron chi connectivity index (χ0n) is 6.81. The van der Waals surface area contributed by atoms with Crippen LogP contribution in [0.4, 0.5) is 4.39 Å². The number of benzene rings is 1. The molecule has 5 nitrogen and oxygen atoms in total. The number of hydrogen-bond donors (Lipinski definition) is 4. The first-order valence-corrected chi connectivity index (χ1v) is 3.56. The van der Waals surface area contributed by atoms with Crippen LogP contribution < -0.4 is 0 Å². The van der Waals surface area contributed by atoms with Gasteiger partial charge in [-0.15, -0.1) is 0 Å². The van der Waals surface area contributed by atoms with Crippen molar-refractivity contribution >= 4 is 5.97 Å². The third-order valence-corrected chi connectivity index (χ3v) is 1.66. The first kappa shape index (κ1) is 10.3. The topological polar surface area (TPSA) is 98.0 Å². The van der Waals surface area contributed by atoms with Crippen LogP contribution in [0.15, 0.2) is 12.1 Å². The molecular formula is C8H7FO5.